The first-order valence-electron chi connectivity index (χ1n) is 5.92. The zero-order chi connectivity index (χ0) is 15.5. The van der Waals surface area contributed by atoms with Gasteiger partial charge in [0.25, 0.3) is 5.91 Å². The molecule has 1 aromatic carbocycles. The lowest BCUT2D eigenvalue weighted by Gasteiger charge is -2.05. The van der Waals surface area contributed by atoms with E-state index in [0.29, 0.717) is 16.9 Å². The second kappa shape index (κ2) is 5.82. The molecule has 21 heavy (non-hydrogen) atoms. The highest BCUT2D eigenvalue weighted by atomic mass is 19.4. The number of hydrogen-bond donors (Lipinski definition) is 1. The Balaban J connectivity index is 1.99. The monoisotopic (exact) mass is 296 g/mol. The molecule has 0 radical (unpaired) electrons. The van der Waals surface area contributed by atoms with Gasteiger partial charge in [-0.1, -0.05) is 12.1 Å². The molecule has 0 saturated carbocycles. The van der Waals surface area contributed by atoms with E-state index in [1.54, 1.807) is 6.92 Å². The molecule has 1 amide bonds. The summed E-state index contributed by atoms with van der Waals surface area (Å²) in [5.41, 5.74) is 2.31. The Kier molecular flexibility index (Phi) is 4.11. The lowest BCUT2D eigenvalue weighted by Crippen LogP contribution is -2.17. The molecule has 0 saturated heterocycles. The van der Waals surface area contributed by atoms with Crippen molar-refractivity contribution in [1.82, 2.24) is 5.43 Å². The molecule has 0 aliphatic heterocycles. The number of benzene rings is 1. The van der Waals surface area contributed by atoms with Crippen molar-refractivity contribution in [3.8, 4) is 0 Å². The molecule has 0 atom stereocenters. The van der Waals surface area contributed by atoms with Crippen LogP contribution in [0.1, 0.15) is 27.2 Å². The van der Waals surface area contributed by atoms with Crippen molar-refractivity contribution in [3.63, 3.8) is 0 Å². The third kappa shape index (κ3) is 3.71. The van der Waals surface area contributed by atoms with Crippen LogP contribution in [-0.2, 0) is 6.18 Å². The van der Waals surface area contributed by atoms with Crippen LogP contribution < -0.4 is 5.43 Å². The molecular formula is C14H11F3N2O2. The molecule has 0 fully saturated rings. The number of nitrogens with one attached hydrogen (secondary N) is 1. The predicted octanol–water partition coefficient (Wildman–Crippen LogP) is 3.37. The fourth-order valence-electron chi connectivity index (χ4n) is 1.60. The second-order valence-electron chi connectivity index (χ2n) is 4.21. The fourth-order valence-corrected chi connectivity index (χ4v) is 1.60. The van der Waals surface area contributed by atoms with E-state index in [9.17, 15) is 18.0 Å². The van der Waals surface area contributed by atoms with Gasteiger partial charge in [-0.15, -0.1) is 0 Å². The Morgan fingerprint density at radius 1 is 1.24 bits per heavy atom. The molecule has 7 heteroatoms. The first-order chi connectivity index (χ1) is 9.88. The number of halogens is 3. The summed E-state index contributed by atoms with van der Waals surface area (Å²) in [5, 5.41) is 3.68. The average molecular weight is 296 g/mol. The lowest BCUT2D eigenvalue weighted by atomic mass is 10.1. The molecule has 0 aliphatic rings. The number of aryl methyl sites for hydroxylation is 1. The summed E-state index contributed by atoms with van der Waals surface area (Å²) in [5.74, 6) is 0.00152. The zero-order valence-electron chi connectivity index (χ0n) is 10.9. The standard InChI is InChI=1S/C14H11F3N2O2/c1-9-12(6-7-21-9)13(20)19-18-8-10-2-4-11(5-3-10)14(15,16)17/h2-8H,1H3,(H,19,20)/b18-8+. The molecule has 110 valence electrons. The van der Waals surface area contributed by atoms with E-state index >= 15 is 0 Å². The molecule has 0 aliphatic carbocycles. The topological polar surface area (TPSA) is 54.6 Å². The molecule has 0 bridgehead atoms. The maximum absolute atomic E-state index is 12.4. The van der Waals surface area contributed by atoms with Crippen molar-refractivity contribution >= 4 is 12.1 Å². The van der Waals surface area contributed by atoms with Gasteiger partial charge >= 0.3 is 6.18 Å². The van der Waals surface area contributed by atoms with Crippen LogP contribution in [0.25, 0.3) is 0 Å². The first kappa shape index (κ1) is 14.8. The Morgan fingerprint density at radius 3 is 2.43 bits per heavy atom. The highest BCUT2D eigenvalue weighted by Crippen LogP contribution is 2.28. The number of hydrogen-bond acceptors (Lipinski definition) is 3. The van der Waals surface area contributed by atoms with E-state index in [4.69, 9.17) is 4.42 Å². The van der Waals surface area contributed by atoms with Crippen LogP contribution in [0.5, 0.6) is 0 Å². The van der Waals surface area contributed by atoms with Gasteiger partial charge in [0.05, 0.1) is 23.6 Å². The molecule has 0 spiro atoms. The Labute approximate surface area is 118 Å². The number of hydrazone groups is 1. The molecule has 4 nitrogen and oxygen atoms in total. The SMILES string of the molecule is Cc1occc1C(=O)N/N=C/c1ccc(C(F)(F)F)cc1. The van der Waals surface area contributed by atoms with Gasteiger partial charge in [0.15, 0.2) is 0 Å². The van der Waals surface area contributed by atoms with Crippen molar-refractivity contribution < 1.29 is 22.4 Å². The molecule has 1 aromatic heterocycles. The maximum atomic E-state index is 12.4. The summed E-state index contributed by atoms with van der Waals surface area (Å²) in [4.78, 5) is 11.7. The van der Waals surface area contributed by atoms with E-state index in [0.717, 1.165) is 12.1 Å². The molecule has 2 aromatic rings. The van der Waals surface area contributed by atoms with Gasteiger partial charge in [-0.05, 0) is 30.7 Å². The minimum atomic E-state index is -4.37. The summed E-state index contributed by atoms with van der Waals surface area (Å²) in [6.07, 6.45) is -1.74. The number of carbonyl (C=O) groups excluding carboxylic acids is 1. The van der Waals surface area contributed by atoms with Crippen LogP contribution in [0, 0.1) is 6.92 Å². The number of rotatable bonds is 3. The Morgan fingerprint density at radius 2 is 1.90 bits per heavy atom. The lowest BCUT2D eigenvalue weighted by molar-refractivity contribution is -0.137. The summed E-state index contributed by atoms with van der Waals surface area (Å²) < 4.78 is 42.1. The zero-order valence-corrected chi connectivity index (χ0v) is 10.9. The third-order valence-corrected chi connectivity index (χ3v) is 2.72. The van der Waals surface area contributed by atoms with Gasteiger partial charge in [-0.3, -0.25) is 4.79 Å². The molecule has 0 unspecified atom stereocenters. The number of furan rings is 1. The molecule has 1 heterocycles. The maximum Gasteiger partial charge on any atom is 0.416 e. The molecule has 2 rings (SSSR count). The summed E-state index contributed by atoms with van der Waals surface area (Å²) in [6.45, 7) is 1.63. The summed E-state index contributed by atoms with van der Waals surface area (Å²) >= 11 is 0. The predicted molar refractivity (Wildman–Crippen MR) is 69.9 cm³/mol. The average Bonchev–Trinajstić information content (AvgIpc) is 2.84. The highest BCUT2D eigenvalue weighted by Gasteiger charge is 2.29. The fraction of sp³-hybridized carbons (Fsp3) is 0.143. The third-order valence-electron chi connectivity index (χ3n) is 2.72. The minimum absolute atomic E-state index is 0.347. The van der Waals surface area contributed by atoms with Crippen LogP contribution in [0.15, 0.2) is 46.1 Å². The minimum Gasteiger partial charge on any atom is -0.469 e. The number of nitrogens with zero attached hydrogens (tertiary/aromatic N) is 1. The van der Waals surface area contributed by atoms with Crippen LogP contribution >= 0.6 is 0 Å². The Bertz CT molecular complexity index is 658. The van der Waals surface area contributed by atoms with Gasteiger partial charge in [0, 0.05) is 0 Å². The van der Waals surface area contributed by atoms with Crippen LogP contribution in [0.3, 0.4) is 0 Å². The summed E-state index contributed by atoms with van der Waals surface area (Å²) in [7, 11) is 0. The second-order valence-corrected chi connectivity index (χ2v) is 4.21. The van der Waals surface area contributed by atoms with Crippen LogP contribution in [-0.4, -0.2) is 12.1 Å². The number of alkyl halides is 3. The van der Waals surface area contributed by atoms with Crippen LogP contribution in [0.4, 0.5) is 13.2 Å². The first-order valence-corrected chi connectivity index (χ1v) is 5.92. The van der Waals surface area contributed by atoms with Crippen molar-refractivity contribution in [2.24, 2.45) is 5.10 Å². The highest BCUT2D eigenvalue weighted by molar-refractivity contribution is 5.95. The van der Waals surface area contributed by atoms with Crippen LogP contribution in [0.2, 0.25) is 0 Å². The van der Waals surface area contributed by atoms with E-state index in [-0.39, 0.29) is 0 Å². The van der Waals surface area contributed by atoms with E-state index in [2.05, 4.69) is 10.5 Å². The van der Waals surface area contributed by atoms with Gasteiger partial charge in [-0.2, -0.15) is 18.3 Å². The largest absolute Gasteiger partial charge is 0.469 e. The molecular weight excluding hydrogens is 285 g/mol. The quantitative estimate of drug-likeness (QED) is 0.697. The van der Waals surface area contributed by atoms with Gasteiger partial charge in [-0.25, -0.2) is 5.43 Å². The van der Waals surface area contributed by atoms with Gasteiger partial charge in [0.1, 0.15) is 5.76 Å². The van der Waals surface area contributed by atoms with Gasteiger partial charge in [0.2, 0.25) is 0 Å². The van der Waals surface area contributed by atoms with E-state index < -0.39 is 17.6 Å². The number of carbonyl (C=O) groups is 1. The normalized spacial score (nSPS) is 11.8. The van der Waals surface area contributed by atoms with E-state index in [1.807, 2.05) is 0 Å². The van der Waals surface area contributed by atoms with E-state index in [1.165, 1.54) is 30.7 Å². The smallest absolute Gasteiger partial charge is 0.416 e. The van der Waals surface area contributed by atoms with Crippen molar-refractivity contribution in [3.05, 3.63) is 59.0 Å². The number of amides is 1. The van der Waals surface area contributed by atoms with Gasteiger partial charge < -0.3 is 4.42 Å². The van der Waals surface area contributed by atoms with Crippen molar-refractivity contribution in [1.29, 1.82) is 0 Å². The Hall–Kier alpha value is -2.57. The van der Waals surface area contributed by atoms with Crippen molar-refractivity contribution in [2.75, 3.05) is 0 Å². The summed E-state index contributed by atoms with van der Waals surface area (Å²) in [6, 6.07) is 5.92. The van der Waals surface area contributed by atoms with Crippen molar-refractivity contribution in [2.45, 2.75) is 13.1 Å². The molecule has 1 N–H and O–H groups in total.